The standard InChI is InChI=1S/C65H4.C7H14O2.C6H14O2.CH2O.6CH4.H2O/c1-3-5-7-9-11-13-15-17-19-21-23-25-27-29-31-33-35-37-39-41-43-45-47-49-51-53-55-57-59-61-63-65-64-62-60-58-56-54-52-50-48-46-44-42-40-38-36-34-32-30-28-26-24-22-20-18-16-14-12-10-8-6-4-2;1-3-7-4-6(2)8-5-9-7;1-3-6(8)4-5(2)7;1-2;;;;;;;/h1-2H2;6-7H,3-5H2,1-2H3;5-8H,3-4H2,1-2H3;1H2;6*1H4;1H2. The second kappa shape index (κ2) is 91.8. The Morgan fingerprint density at radius 3 is 0.571 bits per heavy atom. The molecule has 0 radical (unpaired) electrons. The number of aliphatic hydroxyl groups excluding tert-OH is 2. The Kier molecular flexibility index (Phi) is 99.4. The first-order chi connectivity index (χ1) is 41.4. The highest BCUT2D eigenvalue weighted by atomic mass is 16.7. The summed E-state index contributed by atoms with van der Waals surface area (Å²) in [6.45, 7) is 16.9. The van der Waals surface area contributed by atoms with E-state index in [2.05, 4.69) is 388 Å². The number of ether oxygens (including phenoxy) is 2. The fourth-order valence-electron chi connectivity index (χ4n) is 3.54. The third kappa shape index (κ3) is 94.9. The summed E-state index contributed by atoms with van der Waals surface area (Å²) in [6, 6.07) is 0. The van der Waals surface area contributed by atoms with Gasteiger partial charge in [0, 0.05) is 258 Å². The number of aliphatic hydroxyl groups is 2. The van der Waals surface area contributed by atoms with Crippen LogP contribution in [0.1, 0.15) is 97.9 Å². The quantitative estimate of drug-likeness (QED) is 0.273. The van der Waals surface area contributed by atoms with Crippen molar-refractivity contribution in [3.8, 4) is 0 Å². The molecular formula is C85H60O6. The molecule has 0 aromatic rings. The van der Waals surface area contributed by atoms with Gasteiger partial charge in [-0.2, -0.15) is 0 Å². The third-order valence-corrected chi connectivity index (χ3v) is 6.72. The lowest BCUT2D eigenvalue weighted by molar-refractivity contribution is -0.170. The van der Waals surface area contributed by atoms with Crippen LogP contribution in [0.5, 0.6) is 0 Å². The van der Waals surface area contributed by atoms with Gasteiger partial charge in [0.05, 0.1) is 24.4 Å². The van der Waals surface area contributed by atoms with Gasteiger partial charge in [0.1, 0.15) is 13.6 Å². The molecule has 6 nitrogen and oxygen atoms in total. The van der Waals surface area contributed by atoms with Crippen LogP contribution in [-0.2, 0) is 14.3 Å². The van der Waals surface area contributed by atoms with Crippen LogP contribution in [0.2, 0.25) is 0 Å². The first kappa shape index (κ1) is 98.5. The summed E-state index contributed by atoms with van der Waals surface area (Å²) in [6.07, 6.45) is 3.52. The molecule has 0 aliphatic carbocycles. The number of hydrogen-bond acceptors (Lipinski definition) is 5. The normalized spacial score (nSPS) is 8.07. The molecule has 1 aliphatic heterocycles. The Bertz CT molecular complexity index is 4850. The lowest BCUT2D eigenvalue weighted by Crippen LogP contribution is -2.28. The van der Waals surface area contributed by atoms with Crippen molar-refractivity contribution in [2.75, 3.05) is 6.79 Å². The zero-order chi connectivity index (χ0) is 61.8. The molecule has 1 heterocycles. The van der Waals surface area contributed by atoms with Gasteiger partial charge >= 0.3 is 0 Å². The van der Waals surface area contributed by atoms with Crippen LogP contribution in [-0.4, -0.2) is 53.7 Å². The molecule has 1 fully saturated rings. The van der Waals surface area contributed by atoms with Gasteiger partial charge in [-0.25, -0.2) is 0 Å². The predicted molar refractivity (Wildman–Crippen MR) is 351 cm³/mol. The van der Waals surface area contributed by atoms with Crippen LogP contribution < -0.4 is 0 Å². The lowest BCUT2D eigenvalue weighted by Gasteiger charge is -2.26. The van der Waals surface area contributed by atoms with Crippen LogP contribution >= 0.6 is 0 Å². The van der Waals surface area contributed by atoms with Gasteiger partial charge in [0.2, 0.25) is 0 Å². The van der Waals surface area contributed by atoms with Crippen molar-refractivity contribution in [2.45, 2.75) is 122 Å². The number of hydrogen-bond donors (Lipinski definition) is 2. The molecule has 4 N–H and O–H groups in total. The van der Waals surface area contributed by atoms with E-state index in [1.165, 1.54) is 0 Å². The van der Waals surface area contributed by atoms with Crippen molar-refractivity contribution in [3.63, 3.8) is 0 Å². The van der Waals surface area contributed by atoms with E-state index in [-0.39, 0.29) is 62.2 Å². The minimum atomic E-state index is -0.370. The Morgan fingerprint density at radius 2 is 0.484 bits per heavy atom. The molecule has 0 bridgehead atoms. The number of carbonyl (C=O) groups excluding carboxylic acids is 1. The van der Waals surface area contributed by atoms with Crippen molar-refractivity contribution in [1.29, 1.82) is 0 Å². The summed E-state index contributed by atoms with van der Waals surface area (Å²) in [5, 5.41) is 17.6. The molecule has 1 rings (SSSR count). The Labute approximate surface area is 537 Å². The highest BCUT2D eigenvalue weighted by molar-refractivity contribution is 5.11. The van der Waals surface area contributed by atoms with E-state index in [4.69, 9.17) is 24.5 Å². The third-order valence-electron chi connectivity index (χ3n) is 6.72. The maximum absolute atomic E-state index is 8.87. The maximum Gasteiger partial charge on any atom is 0.147 e. The molecule has 0 saturated carbocycles. The van der Waals surface area contributed by atoms with Crippen molar-refractivity contribution in [1.82, 2.24) is 0 Å². The molecule has 0 amide bonds. The van der Waals surface area contributed by atoms with Crippen LogP contribution in [0.3, 0.4) is 0 Å². The van der Waals surface area contributed by atoms with Gasteiger partial charge < -0.3 is 30.0 Å². The Balaban J connectivity index is -0.000000270. The smallest absolute Gasteiger partial charge is 0.147 e. The molecule has 4 atom stereocenters. The zero-order valence-corrected chi connectivity index (χ0v) is 46.1. The molecule has 6 heteroatoms. The minimum absolute atomic E-state index is 0. The van der Waals surface area contributed by atoms with Crippen molar-refractivity contribution in [2.24, 2.45) is 0 Å². The van der Waals surface area contributed by atoms with E-state index in [0.29, 0.717) is 25.4 Å². The molecule has 0 aromatic heterocycles. The summed E-state index contributed by atoms with van der Waals surface area (Å²) >= 11 is 0. The molecule has 91 heavy (non-hydrogen) atoms. The largest absolute Gasteiger partial charge is 0.412 e. The molecule has 4 unspecified atom stereocenters. The van der Waals surface area contributed by atoms with Crippen LogP contribution in [0.15, 0.2) is 374 Å². The van der Waals surface area contributed by atoms with Crippen LogP contribution in [0.4, 0.5) is 0 Å². The predicted octanol–water partition coefficient (Wildman–Crippen LogP) is 15.5. The molecule has 1 saturated heterocycles. The summed E-state index contributed by atoms with van der Waals surface area (Å²) in [5.74, 6) is 0. The molecular weight excluding hydrogens is 1120 g/mol. The topological polar surface area (TPSA) is 107 Å². The highest BCUT2D eigenvalue weighted by Gasteiger charge is 2.17. The Hall–Kier alpha value is -14.7. The second-order valence-corrected chi connectivity index (χ2v) is 12.7. The van der Waals surface area contributed by atoms with Gasteiger partial charge in [0.25, 0.3) is 0 Å². The zero-order valence-electron chi connectivity index (χ0n) is 46.1. The fourth-order valence-corrected chi connectivity index (χ4v) is 3.54. The van der Waals surface area contributed by atoms with Crippen molar-refractivity contribution in [3.05, 3.63) is 374 Å². The van der Waals surface area contributed by atoms with Crippen molar-refractivity contribution >= 4 is 6.79 Å². The van der Waals surface area contributed by atoms with E-state index >= 15 is 0 Å². The summed E-state index contributed by atoms with van der Waals surface area (Å²) in [5.41, 5.74) is 157. The van der Waals surface area contributed by atoms with E-state index in [1.54, 1.807) is 6.92 Å². The van der Waals surface area contributed by atoms with Gasteiger partial charge in [-0.05, 0) is 144 Å². The second-order valence-electron chi connectivity index (χ2n) is 12.7. The van der Waals surface area contributed by atoms with E-state index in [1.807, 2.05) is 13.7 Å². The molecule has 1 aliphatic rings. The average molecular weight is 1180 g/mol. The van der Waals surface area contributed by atoms with Gasteiger partial charge in [0.15, 0.2) is 0 Å². The highest BCUT2D eigenvalue weighted by Crippen LogP contribution is 2.14. The maximum atomic E-state index is 8.87. The molecule has 436 valence electrons. The molecule has 0 spiro atoms. The summed E-state index contributed by atoms with van der Waals surface area (Å²) in [4.78, 5) is 8.00. The van der Waals surface area contributed by atoms with E-state index in [0.717, 1.165) is 19.3 Å². The number of rotatable bonds is 4. The van der Waals surface area contributed by atoms with E-state index in [9.17, 15) is 0 Å². The lowest BCUT2D eigenvalue weighted by atomic mass is 10.1. The van der Waals surface area contributed by atoms with Crippen LogP contribution in [0.25, 0.3) is 0 Å². The summed E-state index contributed by atoms with van der Waals surface area (Å²) < 4.78 is 10.5. The van der Waals surface area contributed by atoms with Gasteiger partial charge in [-0.3, -0.25) is 0 Å². The minimum Gasteiger partial charge on any atom is -0.412 e. The Morgan fingerprint density at radius 1 is 0.330 bits per heavy atom. The van der Waals surface area contributed by atoms with Crippen molar-refractivity contribution < 1.29 is 30.0 Å². The van der Waals surface area contributed by atoms with Gasteiger partial charge in [-0.15, -0.1) is 0 Å². The monoisotopic (exact) mass is 1180 g/mol. The van der Waals surface area contributed by atoms with E-state index < -0.39 is 0 Å². The van der Waals surface area contributed by atoms with Crippen LogP contribution in [0, 0.1) is 0 Å². The SMILES string of the molecule is C.C.C.C.C.C.C=C=C=C=C=C=C=C=C=C=C=C=C=C=C=C=C=C=C=C=C=C=C=C=C=C=C=C=C=C=C=C=C=C=C=C=C=C=C=C=C=C=C=C=C=C=C=C=C=C=C=C=C=C=C=C=C=C=C=C=C=C=C=C=C.C=O.CCC(O)CC(C)O.CCC1CC(C)OCO1.O. The first-order valence-corrected chi connectivity index (χ1v) is 23.1. The van der Waals surface area contributed by atoms with Gasteiger partial charge in [-0.1, -0.05) is 69.9 Å². The molecule has 0 aromatic carbocycles. The summed E-state index contributed by atoms with van der Waals surface area (Å²) in [7, 11) is 0. The average Bonchev–Trinajstić information content (AvgIpc) is 3.32. The fraction of sp³-hybridized carbons (Fsp3) is 0.224. The number of carbonyl (C=O) groups is 1. The first-order valence-electron chi connectivity index (χ1n) is 23.1.